The molecule has 1 N–H and O–H groups in total. The van der Waals surface area contributed by atoms with Gasteiger partial charge in [0.15, 0.2) is 11.0 Å². The molecule has 0 aliphatic rings. The fraction of sp³-hybridized carbons (Fsp3) is 0.269. The van der Waals surface area contributed by atoms with E-state index in [-0.39, 0.29) is 11.7 Å². The minimum absolute atomic E-state index is 0.0727. The van der Waals surface area contributed by atoms with Gasteiger partial charge < -0.3 is 14.6 Å². The minimum atomic E-state index is -0.0727. The highest BCUT2D eigenvalue weighted by atomic mass is 32.2. The van der Waals surface area contributed by atoms with Crippen LogP contribution in [0.15, 0.2) is 71.9 Å². The number of nitrogens with zero attached hydrogens (tertiary/aromatic N) is 3. The number of aromatic nitrogens is 3. The number of anilines is 1. The van der Waals surface area contributed by atoms with Crippen LogP contribution in [0.1, 0.15) is 38.1 Å². The van der Waals surface area contributed by atoms with E-state index in [0.29, 0.717) is 24.2 Å². The van der Waals surface area contributed by atoms with Gasteiger partial charge in [-0.3, -0.25) is 4.79 Å². The Balaban J connectivity index is 1.36. The van der Waals surface area contributed by atoms with Crippen molar-refractivity contribution in [2.45, 2.75) is 45.0 Å². The lowest BCUT2D eigenvalue weighted by atomic mass is 10.0. The molecule has 4 rings (SSSR count). The molecule has 0 unspecified atom stereocenters. The van der Waals surface area contributed by atoms with E-state index in [2.05, 4.69) is 41.5 Å². The number of ether oxygens (including phenoxy) is 1. The molecule has 0 spiro atoms. The number of benzene rings is 3. The first-order valence-corrected chi connectivity index (χ1v) is 12.1. The van der Waals surface area contributed by atoms with Crippen molar-refractivity contribution < 1.29 is 9.53 Å². The molecule has 3 aromatic carbocycles. The Labute approximate surface area is 198 Å². The van der Waals surface area contributed by atoms with Gasteiger partial charge in [0.05, 0.1) is 5.75 Å². The third kappa shape index (κ3) is 5.54. The molecule has 0 radical (unpaired) electrons. The molecule has 1 amide bonds. The second kappa shape index (κ2) is 10.5. The van der Waals surface area contributed by atoms with Crippen LogP contribution in [0.5, 0.6) is 5.75 Å². The normalized spacial score (nSPS) is 11.2. The van der Waals surface area contributed by atoms with E-state index < -0.39 is 0 Å². The monoisotopic (exact) mass is 460 g/mol. The van der Waals surface area contributed by atoms with Gasteiger partial charge >= 0.3 is 0 Å². The molecule has 0 aliphatic heterocycles. The Morgan fingerprint density at radius 3 is 2.55 bits per heavy atom. The van der Waals surface area contributed by atoms with Crippen molar-refractivity contribution in [3.8, 4) is 5.75 Å². The van der Waals surface area contributed by atoms with Gasteiger partial charge in [0, 0.05) is 17.6 Å². The Morgan fingerprint density at radius 2 is 1.79 bits per heavy atom. The summed E-state index contributed by atoms with van der Waals surface area (Å²) in [4.78, 5) is 12.4. The smallest absolute Gasteiger partial charge is 0.234 e. The number of rotatable bonds is 9. The first kappa shape index (κ1) is 22.9. The summed E-state index contributed by atoms with van der Waals surface area (Å²) in [6.07, 6.45) is 0. The number of hydrogen-bond acceptors (Lipinski definition) is 5. The zero-order valence-electron chi connectivity index (χ0n) is 19.1. The predicted molar refractivity (Wildman–Crippen MR) is 134 cm³/mol. The van der Waals surface area contributed by atoms with E-state index in [4.69, 9.17) is 4.74 Å². The Bertz CT molecular complexity index is 1230. The van der Waals surface area contributed by atoms with Crippen molar-refractivity contribution in [2.75, 3.05) is 11.1 Å². The van der Waals surface area contributed by atoms with Gasteiger partial charge in [0.2, 0.25) is 5.91 Å². The van der Waals surface area contributed by atoms with E-state index in [1.165, 1.54) is 17.3 Å². The number of nitrogens with one attached hydrogen (secondary N) is 1. The fourth-order valence-corrected chi connectivity index (χ4v) is 4.41. The number of amides is 1. The Kier molecular flexibility index (Phi) is 7.29. The second-order valence-electron chi connectivity index (χ2n) is 8.02. The molecule has 0 atom stereocenters. The van der Waals surface area contributed by atoms with E-state index in [9.17, 15) is 4.79 Å². The molecule has 6 nitrogen and oxygen atoms in total. The fourth-order valence-electron chi connectivity index (χ4n) is 3.59. The summed E-state index contributed by atoms with van der Waals surface area (Å²) >= 11 is 1.37. The maximum atomic E-state index is 12.4. The molecule has 0 aliphatic carbocycles. The summed E-state index contributed by atoms with van der Waals surface area (Å²) in [6, 6.07) is 22.1. The quantitative estimate of drug-likeness (QED) is 0.316. The van der Waals surface area contributed by atoms with Crippen LogP contribution in [0.4, 0.5) is 5.69 Å². The molecule has 7 heteroatoms. The summed E-state index contributed by atoms with van der Waals surface area (Å²) in [6.45, 7) is 7.34. The van der Waals surface area contributed by atoms with Crippen LogP contribution in [-0.2, 0) is 17.9 Å². The maximum absolute atomic E-state index is 12.4. The van der Waals surface area contributed by atoms with Gasteiger partial charge in [0.25, 0.3) is 0 Å². The molecule has 0 bridgehead atoms. The number of carbonyl (C=O) groups excluding carboxylic acids is 1. The van der Waals surface area contributed by atoms with Crippen LogP contribution >= 0.6 is 11.8 Å². The van der Waals surface area contributed by atoms with Crippen LogP contribution < -0.4 is 10.1 Å². The first-order valence-electron chi connectivity index (χ1n) is 11.1. The number of carbonyl (C=O) groups is 1. The summed E-state index contributed by atoms with van der Waals surface area (Å²) in [7, 11) is 0. The highest BCUT2D eigenvalue weighted by Crippen LogP contribution is 2.26. The zero-order valence-corrected chi connectivity index (χ0v) is 19.9. The predicted octanol–water partition coefficient (Wildman–Crippen LogP) is 5.88. The average molecular weight is 461 g/mol. The van der Waals surface area contributed by atoms with Crippen molar-refractivity contribution >= 4 is 34.1 Å². The van der Waals surface area contributed by atoms with Crippen LogP contribution in [0.2, 0.25) is 0 Å². The molecule has 4 aromatic rings. The van der Waals surface area contributed by atoms with Gasteiger partial charge in [-0.2, -0.15) is 0 Å². The van der Waals surface area contributed by atoms with Crippen LogP contribution in [0.3, 0.4) is 0 Å². The van der Waals surface area contributed by atoms with Crippen molar-refractivity contribution in [3.05, 3.63) is 78.1 Å². The third-order valence-corrected chi connectivity index (χ3v) is 6.38. The highest BCUT2D eigenvalue weighted by molar-refractivity contribution is 7.99. The molecule has 0 saturated carbocycles. The Morgan fingerprint density at radius 1 is 1.03 bits per heavy atom. The van der Waals surface area contributed by atoms with E-state index in [1.54, 1.807) is 0 Å². The highest BCUT2D eigenvalue weighted by Gasteiger charge is 2.14. The van der Waals surface area contributed by atoms with E-state index in [0.717, 1.165) is 28.0 Å². The maximum Gasteiger partial charge on any atom is 0.234 e. The summed E-state index contributed by atoms with van der Waals surface area (Å²) < 4.78 is 8.07. The molecule has 0 saturated heterocycles. The van der Waals surface area contributed by atoms with Crippen LogP contribution in [0, 0.1) is 0 Å². The van der Waals surface area contributed by atoms with E-state index >= 15 is 0 Å². The van der Waals surface area contributed by atoms with Crippen LogP contribution in [-0.4, -0.2) is 26.4 Å². The summed E-state index contributed by atoms with van der Waals surface area (Å²) in [5.74, 6) is 2.20. The lowest BCUT2D eigenvalue weighted by molar-refractivity contribution is -0.113. The van der Waals surface area contributed by atoms with E-state index in [1.807, 2.05) is 66.1 Å². The number of hydrogen-bond donors (Lipinski definition) is 1. The van der Waals surface area contributed by atoms with Gasteiger partial charge in [-0.25, -0.2) is 0 Å². The largest absolute Gasteiger partial charge is 0.485 e. The van der Waals surface area contributed by atoms with Crippen molar-refractivity contribution in [1.82, 2.24) is 14.8 Å². The molecular weight excluding hydrogens is 432 g/mol. The SMILES string of the molecule is CCn1c(COc2cccc3ccccc23)nnc1SCC(=O)Nc1ccc(C(C)C)cc1. The third-order valence-electron chi connectivity index (χ3n) is 5.41. The first-order chi connectivity index (χ1) is 16.0. The lowest BCUT2D eigenvalue weighted by Gasteiger charge is -2.11. The van der Waals surface area contributed by atoms with Gasteiger partial charge in [-0.05, 0) is 42.0 Å². The number of thioether (sulfide) groups is 1. The topological polar surface area (TPSA) is 69.0 Å². The van der Waals surface area contributed by atoms with Crippen LogP contribution in [0.25, 0.3) is 10.8 Å². The van der Waals surface area contributed by atoms with Gasteiger partial charge in [-0.1, -0.05) is 74.1 Å². The minimum Gasteiger partial charge on any atom is -0.485 e. The van der Waals surface area contributed by atoms with Crippen molar-refractivity contribution in [3.63, 3.8) is 0 Å². The molecule has 33 heavy (non-hydrogen) atoms. The Hall–Kier alpha value is -3.32. The molecule has 1 aromatic heterocycles. The van der Waals surface area contributed by atoms with Gasteiger partial charge in [0.1, 0.15) is 12.4 Å². The molecule has 170 valence electrons. The average Bonchev–Trinajstić information content (AvgIpc) is 3.23. The summed E-state index contributed by atoms with van der Waals surface area (Å²) in [5.41, 5.74) is 2.04. The lowest BCUT2D eigenvalue weighted by Crippen LogP contribution is -2.15. The number of fused-ring (bicyclic) bond motifs is 1. The molecule has 1 heterocycles. The zero-order chi connectivity index (χ0) is 23.2. The van der Waals surface area contributed by atoms with Crippen molar-refractivity contribution in [1.29, 1.82) is 0 Å². The molecule has 0 fully saturated rings. The summed E-state index contributed by atoms with van der Waals surface area (Å²) in [5, 5.41) is 14.4. The second-order valence-corrected chi connectivity index (χ2v) is 8.97. The standard InChI is InChI=1S/C26H28N4O2S/c1-4-30-24(16-32-23-11-7-9-20-8-5-6-10-22(20)23)28-29-26(30)33-17-25(31)27-21-14-12-19(13-15-21)18(2)3/h5-15,18H,4,16-17H2,1-3H3,(H,27,31). The van der Waals surface area contributed by atoms with Gasteiger partial charge in [-0.15, -0.1) is 10.2 Å². The molecular formula is C26H28N4O2S. The van der Waals surface area contributed by atoms with Crippen molar-refractivity contribution in [2.24, 2.45) is 0 Å².